The van der Waals surface area contributed by atoms with Gasteiger partial charge in [-0.25, -0.2) is 4.98 Å². The second kappa shape index (κ2) is 12.7. The average Bonchev–Trinajstić information content (AvgIpc) is 3.50. The van der Waals surface area contributed by atoms with Gasteiger partial charge in [-0.15, -0.1) is 33.3 Å². The average molecular weight is 540 g/mol. The summed E-state index contributed by atoms with van der Waals surface area (Å²) < 4.78 is 6.94. The minimum Gasteiger partial charge on any atom is -0.466 e. The van der Waals surface area contributed by atoms with E-state index >= 15 is 0 Å². The van der Waals surface area contributed by atoms with Crippen LogP contribution in [0.2, 0.25) is 0 Å². The van der Waals surface area contributed by atoms with Crippen LogP contribution >= 0.6 is 34.9 Å². The molecule has 0 aliphatic rings. The topological polar surface area (TPSA) is 99.0 Å². The molecule has 0 radical (unpaired) electrons. The first-order chi connectivity index (χ1) is 17.5. The number of thioether (sulfide) groups is 2. The number of carbonyl (C=O) groups is 2. The van der Waals surface area contributed by atoms with Gasteiger partial charge in [-0.2, -0.15) is 0 Å². The molecular weight excluding hydrogens is 515 g/mol. The summed E-state index contributed by atoms with van der Waals surface area (Å²) in [5.41, 5.74) is 1.50. The van der Waals surface area contributed by atoms with Gasteiger partial charge in [0.25, 0.3) is 0 Å². The van der Waals surface area contributed by atoms with Crippen molar-refractivity contribution in [1.82, 2.24) is 19.7 Å². The van der Waals surface area contributed by atoms with Crippen molar-refractivity contribution in [3.05, 3.63) is 77.6 Å². The third-order valence-electron chi connectivity index (χ3n) is 4.89. The van der Waals surface area contributed by atoms with E-state index in [9.17, 15) is 9.59 Å². The van der Waals surface area contributed by atoms with Crippen molar-refractivity contribution >= 4 is 51.9 Å². The second-order valence-corrected chi connectivity index (χ2v) is 10.8. The summed E-state index contributed by atoms with van der Waals surface area (Å²) in [5, 5.41) is 14.0. The predicted octanol–water partition coefficient (Wildman–Crippen LogP) is 5.24. The van der Waals surface area contributed by atoms with Crippen molar-refractivity contribution in [2.24, 2.45) is 0 Å². The fraction of sp³-hybridized carbons (Fsp3) is 0.240. The van der Waals surface area contributed by atoms with Crippen molar-refractivity contribution in [3.63, 3.8) is 0 Å². The Morgan fingerprint density at radius 3 is 2.53 bits per heavy atom. The van der Waals surface area contributed by atoms with E-state index in [4.69, 9.17) is 4.74 Å². The smallest absolute Gasteiger partial charge is 0.311 e. The van der Waals surface area contributed by atoms with Gasteiger partial charge in [0.1, 0.15) is 5.82 Å². The maximum Gasteiger partial charge on any atom is 0.311 e. The summed E-state index contributed by atoms with van der Waals surface area (Å²) in [4.78, 5) is 30.0. The first-order valence-electron chi connectivity index (χ1n) is 11.3. The molecule has 0 aliphatic heterocycles. The maximum atomic E-state index is 12.9. The molecule has 0 aliphatic carbocycles. The molecule has 0 saturated carbocycles. The van der Waals surface area contributed by atoms with Crippen molar-refractivity contribution < 1.29 is 14.3 Å². The van der Waals surface area contributed by atoms with E-state index in [1.807, 2.05) is 60.0 Å². The zero-order valence-electron chi connectivity index (χ0n) is 19.8. The summed E-state index contributed by atoms with van der Waals surface area (Å²) in [5.74, 6) is 0.884. The minimum atomic E-state index is -0.455. The van der Waals surface area contributed by atoms with Crippen LogP contribution in [-0.4, -0.2) is 43.5 Å². The lowest BCUT2D eigenvalue weighted by Crippen LogP contribution is -2.23. The summed E-state index contributed by atoms with van der Waals surface area (Å²) in [6.07, 6.45) is 0.0778. The predicted molar refractivity (Wildman–Crippen MR) is 144 cm³/mol. The Morgan fingerprint density at radius 2 is 1.81 bits per heavy atom. The molecule has 0 bridgehead atoms. The largest absolute Gasteiger partial charge is 0.466 e. The van der Waals surface area contributed by atoms with Crippen molar-refractivity contribution in [3.8, 4) is 5.69 Å². The molecule has 4 aromatic rings. The van der Waals surface area contributed by atoms with Crippen molar-refractivity contribution in [2.45, 2.75) is 41.3 Å². The highest BCUT2D eigenvalue weighted by Crippen LogP contribution is 2.30. The van der Waals surface area contributed by atoms with E-state index in [1.54, 1.807) is 24.1 Å². The molecule has 8 nitrogen and oxygen atoms in total. The maximum absolute atomic E-state index is 12.9. The van der Waals surface area contributed by atoms with Crippen LogP contribution in [0.25, 0.3) is 5.69 Å². The molecule has 0 fully saturated rings. The third kappa shape index (κ3) is 6.96. The fourth-order valence-electron chi connectivity index (χ4n) is 3.20. The van der Waals surface area contributed by atoms with Crippen LogP contribution in [0.15, 0.2) is 76.1 Å². The van der Waals surface area contributed by atoms with Crippen LogP contribution in [0, 0.1) is 0 Å². The number of nitrogens with zero attached hydrogens (tertiary/aromatic N) is 4. The number of carbonyl (C=O) groups excluding carboxylic acids is 2. The standard InChI is InChI=1S/C25H25N5O3S3/c1-3-33-22(31)14-18-15-35-24(26-18)27-23(32)17(2)36-25-29-28-21(16-34-20-12-8-5-9-13-20)30(25)19-10-6-4-7-11-19/h4-13,15,17H,3,14,16H2,1-2H3,(H,26,27,32). The molecular formula is C25H25N5O3S3. The number of anilines is 1. The van der Waals surface area contributed by atoms with Gasteiger partial charge < -0.3 is 10.1 Å². The molecule has 2 aromatic carbocycles. The van der Waals surface area contributed by atoms with Crippen molar-refractivity contribution in [2.75, 3.05) is 11.9 Å². The van der Waals surface area contributed by atoms with E-state index in [0.29, 0.717) is 28.3 Å². The highest BCUT2D eigenvalue weighted by molar-refractivity contribution is 8.00. The van der Waals surface area contributed by atoms with Crippen LogP contribution < -0.4 is 5.32 Å². The fourth-order valence-corrected chi connectivity index (χ4v) is 5.63. The number of thiazole rings is 1. The van der Waals surface area contributed by atoms with E-state index < -0.39 is 5.25 Å². The molecule has 186 valence electrons. The van der Waals surface area contributed by atoms with Gasteiger partial charge in [0.2, 0.25) is 5.91 Å². The van der Waals surface area contributed by atoms with Gasteiger partial charge in [0.15, 0.2) is 10.3 Å². The Morgan fingerprint density at radius 1 is 1.08 bits per heavy atom. The number of esters is 1. The van der Waals surface area contributed by atoms with Gasteiger partial charge in [0, 0.05) is 16.0 Å². The van der Waals surface area contributed by atoms with E-state index in [0.717, 1.165) is 16.4 Å². The van der Waals surface area contributed by atoms with Crippen LogP contribution in [-0.2, 0) is 26.5 Å². The monoisotopic (exact) mass is 539 g/mol. The lowest BCUT2D eigenvalue weighted by atomic mass is 10.3. The summed E-state index contributed by atoms with van der Waals surface area (Å²) in [6, 6.07) is 20.0. The Bertz CT molecular complexity index is 1290. The summed E-state index contributed by atoms with van der Waals surface area (Å²) in [6.45, 7) is 3.89. The highest BCUT2D eigenvalue weighted by Gasteiger charge is 2.22. The zero-order chi connectivity index (χ0) is 25.3. The second-order valence-electron chi connectivity index (χ2n) is 7.55. The number of hydrogen-bond donors (Lipinski definition) is 1. The summed E-state index contributed by atoms with van der Waals surface area (Å²) >= 11 is 4.28. The zero-order valence-corrected chi connectivity index (χ0v) is 22.2. The Labute approximate surface area is 221 Å². The molecule has 1 amide bonds. The Hall–Kier alpha value is -3.15. The normalized spacial score (nSPS) is 11.7. The van der Waals surface area contributed by atoms with Crippen LogP contribution in [0.3, 0.4) is 0 Å². The Kier molecular flexibility index (Phi) is 9.15. The van der Waals surface area contributed by atoms with E-state index in [2.05, 4.69) is 32.6 Å². The number of rotatable bonds is 11. The number of aromatic nitrogens is 4. The quantitative estimate of drug-likeness (QED) is 0.204. The number of hydrogen-bond acceptors (Lipinski definition) is 9. The SMILES string of the molecule is CCOC(=O)Cc1csc(NC(=O)C(C)Sc2nnc(CSc3ccccc3)n2-c2ccccc2)n1. The first-order valence-corrected chi connectivity index (χ1v) is 14.0. The van der Waals surface area contributed by atoms with E-state index in [-0.39, 0.29) is 18.3 Å². The molecule has 4 rings (SSSR count). The number of amides is 1. The van der Waals surface area contributed by atoms with Gasteiger partial charge in [-0.3, -0.25) is 14.2 Å². The molecule has 2 heterocycles. The van der Waals surface area contributed by atoms with Gasteiger partial charge in [-0.1, -0.05) is 48.2 Å². The van der Waals surface area contributed by atoms with Gasteiger partial charge in [-0.05, 0) is 38.1 Å². The molecule has 1 atom stereocenters. The van der Waals surface area contributed by atoms with Crippen LogP contribution in [0.5, 0.6) is 0 Å². The van der Waals surface area contributed by atoms with Crippen molar-refractivity contribution in [1.29, 1.82) is 0 Å². The molecule has 0 saturated heterocycles. The molecule has 0 spiro atoms. The molecule has 11 heteroatoms. The minimum absolute atomic E-state index is 0.0778. The first kappa shape index (κ1) is 25.9. The number of benzene rings is 2. The number of nitrogens with one attached hydrogen (secondary N) is 1. The molecule has 36 heavy (non-hydrogen) atoms. The number of para-hydroxylation sites is 1. The van der Waals surface area contributed by atoms with Crippen LogP contribution in [0.1, 0.15) is 25.4 Å². The van der Waals surface area contributed by atoms with Crippen LogP contribution in [0.4, 0.5) is 5.13 Å². The third-order valence-corrected chi connectivity index (χ3v) is 7.75. The van der Waals surface area contributed by atoms with Gasteiger partial charge in [0.05, 0.1) is 29.7 Å². The molecule has 1 unspecified atom stereocenters. The lowest BCUT2D eigenvalue weighted by molar-refractivity contribution is -0.142. The van der Waals surface area contributed by atoms with Gasteiger partial charge >= 0.3 is 5.97 Å². The molecule has 2 aromatic heterocycles. The number of ether oxygens (including phenoxy) is 1. The van der Waals surface area contributed by atoms with E-state index in [1.165, 1.54) is 23.1 Å². The Balaban J connectivity index is 1.45. The highest BCUT2D eigenvalue weighted by atomic mass is 32.2. The molecule has 1 N–H and O–H groups in total. The summed E-state index contributed by atoms with van der Waals surface area (Å²) in [7, 11) is 0. The lowest BCUT2D eigenvalue weighted by Gasteiger charge is -2.13.